The van der Waals surface area contributed by atoms with Crippen LogP contribution in [-0.4, -0.2) is 35.7 Å². The van der Waals surface area contributed by atoms with Crippen LogP contribution in [-0.2, 0) is 0 Å². The Bertz CT molecular complexity index is 534. The summed E-state index contributed by atoms with van der Waals surface area (Å²) in [6, 6.07) is 7.15. The minimum atomic E-state index is -0.102. The van der Waals surface area contributed by atoms with Gasteiger partial charge in [0, 0.05) is 25.1 Å². The summed E-state index contributed by atoms with van der Waals surface area (Å²) in [6.45, 7) is 1.78. The summed E-state index contributed by atoms with van der Waals surface area (Å²) >= 11 is 0. The molecule has 6 heteroatoms. The van der Waals surface area contributed by atoms with Gasteiger partial charge in [0.05, 0.1) is 11.8 Å². The highest BCUT2D eigenvalue weighted by Gasteiger charge is 2.03. The van der Waals surface area contributed by atoms with Crippen LogP contribution >= 0.6 is 0 Å². The Balaban J connectivity index is 1.51. The predicted octanol–water partition coefficient (Wildman–Crippen LogP) is 1.22. The normalized spacial score (nSPS) is 10.1. The number of pyridine rings is 2. The molecule has 0 spiro atoms. The number of nitrogens with one attached hydrogen (secondary N) is 2. The van der Waals surface area contributed by atoms with Crippen molar-refractivity contribution in [3.05, 3.63) is 54.6 Å². The zero-order chi connectivity index (χ0) is 14.8. The third-order valence-corrected chi connectivity index (χ3v) is 2.71. The first-order chi connectivity index (χ1) is 10.4. The van der Waals surface area contributed by atoms with Crippen molar-refractivity contribution in [1.29, 1.82) is 0 Å². The van der Waals surface area contributed by atoms with E-state index < -0.39 is 0 Å². The van der Waals surface area contributed by atoms with Crippen molar-refractivity contribution in [2.45, 2.75) is 6.42 Å². The summed E-state index contributed by atoms with van der Waals surface area (Å²) in [5.74, 6) is 0.629. The highest BCUT2D eigenvalue weighted by Crippen LogP contribution is 2.04. The fourth-order valence-electron chi connectivity index (χ4n) is 1.65. The van der Waals surface area contributed by atoms with Gasteiger partial charge in [-0.2, -0.15) is 0 Å². The average Bonchev–Trinajstić information content (AvgIpc) is 2.55. The molecular weight excluding hydrogens is 268 g/mol. The predicted molar refractivity (Wildman–Crippen MR) is 78.9 cm³/mol. The maximum atomic E-state index is 11.7. The highest BCUT2D eigenvalue weighted by molar-refractivity contribution is 5.93. The molecular formula is C15H18N4O2. The first kappa shape index (κ1) is 14.9. The molecule has 0 aliphatic carbocycles. The minimum absolute atomic E-state index is 0.102. The summed E-state index contributed by atoms with van der Waals surface area (Å²) < 4.78 is 5.43. The zero-order valence-electron chi connectivity index (χ0n) is 11.7. The third kappa shape index (κ3) is 5.58. The molecule has 0 aromatic carbocycles. The molecule has 0 unspecified atom stereocenters. The van der Waals surface area contributed by atoms with Gasteiger partial charge in [0.15, 0.2) is 0 Å². The summed E-state index contributed by atoms with van der Waals surface area (Å²) in [6.07, 6.45) is 7.38. The molecule has 2 aromatic rings. The number of aromatic nitrogens is 2. The average molecular weight is 286 g/mol. The van der Waals surface area contributed by atoms with Crippen LogP contribution in [0.1, 0.15) is 16.8 Å². The van der Waals surface area contributed by atoms with Crippen LogP contribution in [0.4, 0.5) is 0 Å². The first-order valence-electron chi connectivity index (χ1n) is 6.78. The Morgan fingerprint density at radius 1 is 1.10 bits per heavy atom. The van der Waals surface area contributed by atoms with Gasteiger partial charge in [0.2, 0.25) is 0 Å². The molecule has 6 nitrogen and oxygen atoms in total. The van der Waals surface area contributed by atoms with Crippen molar-refractivity contribution < 1.29 is 9.53 Å². The summed E-state index contributed by atoms with van der Waals surface area (Å²) in [5.41, 5.74) is 0.574. The van der Waals surface area contributed by atoms with Gasteiger partial charge in [-0.15, -0.1) is 0 Å². The zero-order valence-corrected chi connectivity index (χ0v) is 11.7. The van der Waals surface area contributed by atoms with Gasteiger partial charge in [-0.05, 0) is 37.2 Å². The van der Waals surface area contributed by atoms with Gasteiger partial charge in [-0.25, -0.2) is 0 Å². The number of nitrogens with zero attached hydrogens (tertiary/aromatic N) is 2. The van der Waals surface area contributed by atoms with Crippen molar-refractivity contribution in [3.63, 3.8) is 0 Å². The molecule has 0 atom stereocenters. The van der Waals surface area contributed by atoms with E-state index in [4.69, 9.17) is 4.74 Å². The molecule has 110 valence electrons. The second kappa shape index (κ2) is 8.65. The van der Waals surface area contributed by atoms with E-state index in [1.807, 2.05) is 12.1 Å². The van der Waals surface area contributed by atoms with Gasteiger partial charge in [-0.3, -0.25) is 20.1 Å². The monoisotopic (exact) mass is 286 g/mol. The molecule has 0 radical (unpaired) electrons. The second-order valence-corrected chi connectivity index (χ2v) is 4.33. The van der Waals surface area contributed by atoms with Crippen LogP contribution < -0.4 is 15.4 Å². The quantitative estimate of drug-likeness (QED) is 0.564. The SMILES string of the molecule is O=C(NCCCNCOc1cccnc1)c1cccnc1. The van der Waals surface area contributed by atoms with E-state index in [9.17, 15) is 4.79 Å². The van der Waals surface area contributed by atoms with Crippen LogP contribution in [0.2, 0.25) is 0 Å². The lowest BCUT2D eigenvalue weighted by Gasteiger charge is -2.08. The van der Waals surface area contributed by atoms with Crippen molar-refractivity contribution >= 4 is 5.91 Å². The van der Waals surface area contributed by atoms with Crippen LogP contribution in [0.25, 0.3) is 0 Å². The van der Waals surface area contributed by atoms with E-state index in [0.717, 1.165) is 18.7 Å². The van der Waals surface area contributed by atoms with Crippen LogP contribution in [0.3, 0.4) is 0 Å². The fourth-order valence-corrected chi connectivity index (χ4v) is 1.65. The number of hydrogen-bond donors (Lipinski definition) is 2. The molecule has 2 N–H and O–H groups in total. The first-order valence-corrected chi connectivity index (χ1v) is 6.78. The van der Waals surface area contributed by atoms with E-state index in [0.29, 0.717) is 18.8 Å². The van der Waals surface area contributed by atoms with Crippen LogP contribution in [0, 0.1) is 0 Å². The minimum Gasteiger partial charge on any atom is -0.477 e. The van der Waals surface area contributed by atoms with E-state index in [2.05, 4.69) is 20.6 Å². The molecule has 0 aliphatic heterocycles. The highest BCUT2D eigenvalue weighted by atomic mass is 16.5. The largest absolute Gasteiger partial charge is 0.477 e. The Kier molecular flexibility index (Phi) is 6.15. The molecule has 2 rings (SSSR count). The molecule has 2 aromatic heterocycles. The standard InChI is InChI=1S/C15H18N4O2/c20-15(13-4-1-6-16-10-13)19-9-3-8-18-12-21-14-5-2-7-17-11-14/h1-2,4-7,10-11,18H,3,8-9,12H2,(H,19,20). The summed E-state index contributed by atoms with van der Waals surface area (Å²) in [5, 5.41) is 5.97. The molecule has 0 bridgehead atoms. The molecule has 21 heavy (non-hydrogen) atoms. The molecule has 0 fully saturated rings. The Morgan fingerprint density at radius 3 is 2.62 bits per heavy atom. The smallest absolute Gasteiger partial charge is 0.252 e. The lowest BCUT2D eigenvalue weighted by atomic mass is 10.2. The molecule has 2 heterocycles. The Morgan fingerprint density at radius 2 is 1.90 bits per heavy atom. The van der Waals surface area contributed by atoms with E-state index in [1.54, 1.807) is 36.9 Å². The van der Waals surface area contributed by atoms with Crippen LogP contribution in [0.5, 0.6) is 5.75 Å². The number of ether oxygens (including phenoxy) is 1. The number of amides is 1. The number of carbonyl (C=O) groups is 1. The number of carbonyl (C=O) groups excluding carboxylic acids is 1. The fraction of sp³-hybridized carbons (Fsp3) is 0.267. The Labute approximate surface area is 123 Å². The van der Waals surface area contributed by atoms with Crippen molar-refractivity contribution in [2.75, 3.05) is 19.8 Å². The second-order valence-electron chi connectivity index (χ2n) is 4.33. The van der Waals surface area contributed by atoms with Crippen molar-refractivity contribution in [2.24, 2.45) is 0 Å². The van der Waals surface area contributed by atoms with Crippen molar-refractivity contribution in [3.8, 4) is 5.75 Å². The lowest BCUT2D eigenvalue weighted by molar-refractivity contribution is 0.0952. The maximum absolute atomic E-state index is 11.7. The van der Waals surface area contributed by atoms with E-state index in [-0.39, 0.29) is 5.91 Å². The maximum Gasteiger partial charge on any atom is 0.252 e. The summed E-state index contributed by atoms with van der Waals surface area (Å²) in [7, 11) is 0. The van der Waals surface area contributed by atoms with E-state index in [1.165, 1.54) is 0 Å². The molecule has 0 aliphatic rings. The number of rotatable bonds is 8. The molecule has 0 saturated carbocycles. The Hall–Kier alpha value is -2.47. The topological polar surface area (TPSA) is 76.1 Å². The lowest BCUT2D eigenvalue weighted by Crippen LogP contribution is -2.28. The van der Waals surface area contributed by atoms with Gasteiger partial charge in [0.1, 0.15) is 12.5 Å². The van der Waals surface area contributed by atoms with Gasteiger partial charge in [-0.1, -0.05) is 0 Å². The van der Waals surface area contributed by atoms with Gasteiger partial charge >= 0.3 is 0 Å². The summed E-state index contributed by atoms with van der Waals surface area (Å²) in [4.78, 5) is 19.6. The molecule has 0 saturated heterocycles. The molecule has 1 amide bonds. The van der Waals surface area contributed by atoms with E-state index >= 15 is 0 Å². The van der Waals surface area contributed by atoms with Gasteiger partial charge in [0.25, 0.3) is 5.91 Å². The third-order valence-electron chi connectivity index (χ3n) is 2.71. The van der Waals surface area contributed by atoms with Crippen molar-refractivity contribution in [1.82, 2.24) is 20.6 Å². The van der Waals surface area contributed by atoms with Gasteiger partial charge < -0.3 is 10.1 Å². The number of hydrogen-bond acceptors (Lipinski definition) is 5. The van der Waals surface area contributed by atoms with Crippen LogP contribution in [0.15, 0.2) is 49.1 Å².